The number of carbonyl (C=O) groups excluding carboxylic acids is 1. The fourth-order valence-electron chi connectivity index (χ4n) is 5.83. The standard InChI is InChI=1S/C40H50FN5O2S/c1-7-39(3,4)29-21-22-34(31(26-29)40(5,6)8-2)48-24-14-13-23-42-35(47)20-15-25-49-38-43-37-36(44-45-38)30-17-10-12-19-33(30)46(37)27-28-16-9-11-18-32(28)41/h9-12,16-19,21-22,26H,7-8,13-15,20,23-25,27H2,1-6H3,(H,42,47). The number of halogens is 1. The molecule has 0 atom stereocenters. The van der Waals surface area contributed by atoms with Gasteiger partial charge in [-0.05, 0) is 66.7 Å². The van der Waals surface area contributed by atoms with E-state index in [4.69, 9.17) is 9.72 Å². The molecule has 0 fully saturated rings. The third kappa shape index (κ3) is 8.79. The minimum atomic E-state index is -0.251. The highest BCUT2D eigenvalue weighted by molar-refractivity contribution is 7.99. The minimum absolute atomic E-state index is 0.0277. The van der Waals surface area contributed by atoms with Crippen molar-refractivity contribution in [1.29, 1.82) is 0 Å². The lowest BCUT2D eigenvalue weighted by atomic mass is 9.76. The maximum atomic E-state index is 14.5. The normalized spacial score (nSPS) is 12.1. The summed E-state index contributed by atoms with van der Waals surface area (Å²) in [5.41, 5.74) is 5.66. The molecule has 1 N–H and O–H groups in total. The largest absolute Gasteiger partial charge is 0.493 e. The summed E-state index contributed by atoms with van der Waals surface area (Å²) in [6.07, 6.45) is 4.96. The summed E-state index contributed by atoms with van der Waals surface area (Å²) in [7, 11) is 0. The molecule has 0 unspecified atom stereocenters. The molecule has 3 aromatic carbocycles. The van der Waals surface area contributed by atoms with E-state index in [9.17, 15) is 9.18 Å². The number of thioether (sulfide) groups is 1. The van der Waals surface area contributed by atoms with Crippen molar-refractivity contribution in [1.82, 2.24) is 25.1 Å². The van der Waals surface area contributed by atoms with Crippen molar-refractivity contribution in [2.45, 2.75) is 103 Å². The molecule has 49 heavy (non-hydrogen) atoms. The molecule has 0 bridgehead atoms. The van der Waals surface area contributed by atoms with Crippen LogP contribution in [-0.2, 0) is 22.2 Å². The summed E-state index contributed by atoms with van der Waals surface area (Å²) in [5, 5.41) is 13.4. The second-order valence-electron chi connectivity index (χ2n) is 14.0. The topological polar surface area (TPSA) is 81.9 Å². The van der Waals surface area contributed by atoms with Crippen LogP contribution in [0.25, 0.3) is 22.1 Å². The second kappa shape index (κ2) is 16.2. The van der Waals surface area contributed by atoms with Gasteiger partial charge >= 0.3 is 0 Å². The van der Waals surface area contributed by atoms with Gasteiger partial charge in [-0.25, -0.2) is 9.37 Å². The number of hydrogen-bond acceptors (Lipinski definition) is 6. The molecular formula is C40H50FN5O2S. The number of amides is 1. The molecular weight excluding hydrogens is 634 g/mol. The number of benzene rings is 3. The first-order valence-corrected chi connectivity index (χ1v) is 18.5. The Morgan fingerprint density at radius 1 is 0.918 bits per heavy atom. The van der Waals surface area contributed by atoms with Gasteiger partial charge in [-0.1, -0.05) is 102 Å². The quantitative estimate of drug-likeness (QED) is 0.0777. The van der Waals surface area contributed by atoms with Crippen molar-refractivity contribution in [3.8, 4) is 5.75 Å². The van der Waals surface area contributed by atoms with Gasteiger partial charge < -0.3 is 14.6 Å². The van der Waals surface area contributed by atoms with Crippen molar-refractivity contribution in [2.24, 2.45) is 0 Å². The van der Waals surface area contributed by atoms with Crippen molar-refractivity contribution in [3.05, 3.63) is 89.2 Å². The molecule has 2 heterocycles. The Kier molecular flexibility index (Phi) is 12.0. The summed E-state index contributed by atoms with van der Waals surface area (Å²) in [6, 6.07) is 21.4. The Labute approximate surface area is 294 Å². The van der Waals surface area contributed by atoms with E-state index < -0.39 is 0 Å². The van der Waals surface area contributed by atoms with E-state index in [2.05, 4.69) is 75.3 Å². The second-order valence-corrected chi connectivity index (χ2v) is 15.1. The summed E-state index contributed by atoms with van der Waals surface area (Å²) in [5.74, 6) is 1.45. The highest BCUT2D eigenvalue weighted by Gasteiger charge is 2.26. The number of carbonyl (C=O) groups is 1. The zero-order valence-corrected chi connectivity index (χ0v) is 30.6. The van der Waals surface area contributed by atoms with Gasteiger partial charge in [0.2, 0.25) is 11.1 Å². The van der Waals surface area contributed by atoms with Crippen LogP contribution in [0.3, 0.4) is 0 Å². The number of nitrogens with one attached hydrogen (secondary N) is 1. The van der Waals surface area contributed by atoms with Gasteiger partial charge in [0.1, 0.15) is 17.1 Å². The average molecular weight is 684 g/mol. The molecule has 0 aliphatic heterocycles. The number of fused-ring (bicyclic) bond motifs is 3. The van der Waals surface area contributed by atoms with Crippen LogP contribution >= 0.6 is 11.8 Å². The van der Waals surface area contributed by atoms with Crippen molar-refractivity contribution in [2.75, 3.05) is 18.9 Å². The van der Waals surface area contributed by atoms with Crippen LogP contribution in [0, 0.1) is 5.82 Å². The Morgan fingerprint density at radius 2 is 1.67 bits per heavy atom. The molecule has 2 aromatic heterocycles. The molecule has 9 heteroatoms. The van der Waals surface area contributed by atoms with Crippen LogP contribution in [0.15, 0.2) is 71.9 Å². The van der Waals surface area contributed by atoms with E-state index in [1.165, 1.54) is 29.0 Å². The van der Waals surface area contributed by atoms with Crippen molar-refractivity contribution in [3.63, 3.8) is 0 Å². The zero-order valence-electron chi connectivity index (χ0n) is 29.8. The molecule has 0 aliphatic rings. The molecule has 0 saturated carbocycles. The van der Waals surface area contributed by atoms with Gasteiger partial charge in [0, 0.05) is 35.2 Å². The molecule has 0 spiro atoms. The summed E-state index contributed by atoms with van der Waals surface area (Å²) >= 11 is 1.48. The molecule has 260 valence electrons. The first kappa shape index (κ1) is 36.3. The maximum absolute atomic E-state index is 14.5. The highest BCUT2D eigenvalue weighted by Crippen LogP contribution is 2.38. The zero-order chi connectivity index (χ0) is 35.0. The molecule has 0 aliphatic carbocycles. The van der Waals surface area contributed by atoms with Crippen molar-refractivity contribution >= 4 is 39.7 Å². The van der Waals surface area contributed by atoms with Crippen LogP contribution in [0.5, 0.6) is 5.75 Å². The first-order valence-electron chi connectivity index (χ1n) is 17.6. The minimum Gasteiger partial charge on any atom is -0.493 e. The predicted molar refractivity (Wildman–Crippen MR) is 199 cm³/mol. The number of para-hydroxylation sites is 1. The van der Waals surface area contributed by atoms with Gasteiger partial charge in [-0.3, -0.25) is 4.79 Å². The van der Waals surface area contributed by atoms with Gasteiger partial charge in [0.25, 0.3) is 0 Å². The lowest BCUT2D eigenvalue weighted by Crippen LogP contribution is -2.24. The number of unbranched alkanes of at least 4 members (excludes halogenated alkanes) is 1. The van der Waals surface area contributed by atoms with Crippen LogP contribution in [0.2, 0.25) is 0 Å². The summed E-state index contributed by atoms with van der Waals surface area (Å²) in [4.78, 5) is 17.3. The molecule has 0 radical (unpaired) electrons. The third-order valence-electron chi connectivity index (χ3n) is 9.83. The van der Waals surface area contributed by atoms with E-state index in [-0.39, 0.29) is 22.6 Å². The highest BCUT2D eigenvalue weighted by atomic mass is 32.2. The van der Waals surface area contributed by atoms with E-state index >= 15 is 0 Å². The maximum Gasteiger partial charge on any atom is 0.220 e. The van der Waals surface area contributed by atoms with Crippen LogP contribution < -0.4 is 10.1 Å². The Hall–Kier alpha value is -3.98. The van der Waals surface area contributed by atoms with Gasteiger partial charge in [-0.15, -0.1) is 10.2 Å². The van der Waals surface area contributed by atoms with Crippen molar-refractivity contribution < 1.29 is 13.9 Å². The fraction of sp³-hybridized carbons (Fsp3) is 0.450. The first-order chi connectivity index (χ1) is 23.5. The van der Waals surface area contributed by atoms with E-state index in [0.717, 1.165) is 42.3 Å². The number of hydrogen-bond donors (Lipinski definition) is 1. The number of aromatic nitrogens is 4. The lowest BCUT2D eigenvalue weighted by Gasteiger charge is -2.30. The Balaban J connectivity index is 1.07. The number of ether oxygens (including phenoxy) is 1. The van der Waals surface area contributed by atoms with Gasteiger partial charge in [0.05, 0.1) is 18.7 Å². The number of nitrogens with zero attached hydrogens (tertiary/aromatic N) is 4. The summed E-state index contributed by atoms with van der Waals surface area (Å²) in [6.45, 7) is 15.2. The predicted octanol–water partition coefficient (Wildman–Crippen LogP) is 9.39. The molecule has 7 nitrogen and oxygen atoms in total. The van der Waals surface area contributed by atoms with Crippen LogP contribution in [0.4, 0.5) is 4.39 Å². The smallest absolute Gasteiger partial charge is 0.220 e. The number of rotatable bonds is 17. The average Bonchev–Trinajstić information content (AvgIpc) is 3.41. The Bertz CT molecular complexity index is 1890. The molecule has 0 saturated heterocycles. The van der Waals surface area contributed by atoms with Gasteiger partial charge in [0.15, 0.2) is 5.65 Å². The molecule has 1 amide bonds. The van der Waals surface area contributed by atoms with E-state index in [1.54, 1.807) is 12.1 Å². The summed E-state index contributed by atoms with van der Waals surface area (Å²) < 4.78 is 22.8. The van der Waals surface area contributed by atoms with Crippen LogP contribution in [0.1, 0.15) is 96.8 Å². The lowest BCUT2D eigenvalue weighted by molar-refractivity contribution is -0.121. The monoisotopic (exact) mass is 683 g/mol. The molecule has 5 rings (SSSR count). The Morgan fingerprint density at radius 3 is 2.45 bits per heavy atom. The molecule has 5 aromatic rings. The fourth-order valence-corrected chi connectivity index (χ4v) is 6.55. The SMILES string of the molecule is CCC(C)(C)c1ccc(OCCCCNC(=O)CCCSc2nnc3c4ccccc4n(Cc4ccccc4F)c3n2)c(C(C)(C)CC)c1. The van der Waals surface area contributed by atoms with Gasteiger partial charge in [-0.2, -0.15) is 0 Å². The van der Waals surface area contributed by atoms with E-state index in [0.29, 0.717) is 60.2 Å². The van der Waals surface area contributed by atoms with E-state index in [1.807, 2.05) is 34.9 Å². The van der Waals surface area contributed by atoms with Crippen LogP contribution in [-0.4, -0.2) is 44.6 Å². The third-order valence-corrected chi connectivity index (χ3v) is 10.8.